The molecule has 4 nitrogen and oxygen atoms in total. The normalized spacial score (nSPS) is 12.4. The fourth-order valence-corrected chi connectivity index (χ4v) is 2.45. The maximum atomic E-state index is 6.07. The van der Waals surface area contributed by atoms with Crippen molar-refractivity contribution < 1.29 is 4.74 Å². The third-order valence-electron chi connectivity index (χ3n) is 3.66. The lowest BCUT2D eigenvalue weighted by Gasteiger charge is -2.18. The molecule has 0 saturated heterocycles. The van der Waals surface area contributed by atoms with Crippen molar-refractivity contribution in [3.05, 3.63) is 47.5 Å². The first kappa shape index (κ1) is 15.6. The zero-order chi connectivity index (χ0) is 15.2. The van der Waals surface area contributed by atoms with Crippen LogP contribution >= 0.6 is 0 Å². The second-order valence-corrected chi connectivity index (χ2v) is 5.28. The molecule has 21 heavy (non-hydrogen) atoms. The zero-order valence-electron chi connectivity index (χ0n) is 13.4. The molecule has 114 valence electrons. The molecule has 2 aromatic rings. The van der Waals surface area contributed by atoms with Crippen LogP contribution in [0.1, 0.15) is 43.6 Å². The van der Waals surface area contributed by atoms with Gasteiger partial charge in [-0.3, -0.25) is 0 Å². The second kappa shape index (κ2) is 7.27. The van der Waals surface area contributed by atoms with Crippen LogP contribution in [0.4, 0.5) is 0 Å². The highest BCUT2D eigenvalue weighted by atomic mass is 16.5. The van der Waals surface area contributed by atoms with E-state index in [1.54, 1.807) is 0 Å². The van der Waals surface area contributed by atoms with Gasteiger partial charge in [-0.15, -0.1) is 0 Å². The van der Waals surface area contributed by atoms with Crippen molar-refractivity contribution in [1.82, 2.24) is 14.9 Å². The molecule has 1 aromatic heterocycles. The minimum atomic E-state index is 0.279. The standard InChI is InChI=1S/C17H25N3O/c1-5-19-14(4)16-8-7-13(3)9-17(16)21-11-15-10-18-12-20(15)6-2/h7-10,12,14,19H,5-6,11H2,1-4H3. The number of hydrogen-bond acceptors (Lipinski definition) is 3. The number of aryl methyl sites for hydroxylation is 2. The van der Waals surface area contributed by atoms with Crippen LogP contribution in [0, 0.1) is 6.92 Å². The Balaban J connectivity index is 2.16. The molecule has 0 aliphatic rings. The molecule has 1 unspecified atom stereocenters. The molecule has 1 N–H and O–H groups in total. The molecule has 0 spiro atoms. The number of ether oxygens (including phenoxy) is 1. The molecule has 1 heterocycles. The lowest BCUT2D eigenvalue weighted by molar-refractivity contribution is 0.289. The number of nitrogens with zero attached hydrogens (tertiary/aromatic N) is 2. The SMILES string of the molecule is CCNC(C)c1ccc(C)cc1OCc1cncn1CC. The van der Waals surface area contributed by atoms with E-state index in [0.29, 0.717) is 6.61 Å². The summed E-state index contributed by atoms with van der Waals surface area (Å²) in [5.41, 5.74) is 3.51. The fraction of sp³-hybridized carbons (Fsp3) is 0.471. The molecule has 0 saturated carbocycles. The quantitative estimate of drug-likeness (QED) is 0.847. The average Bonchev–Trinajstić information content (AvgIpc) is 2.92. The highest BCUT2D eigenvalue weighted by Crippen LogP contribution is 2.27. The first-order chi connectivity index (χ1) is 10.2. The summed E-state index contributed by atoms with van der Waals surface area (Å²) in [6, 6.07) is 6.67. The second-order valence-electron chi connectivity index (χ2n) is 5.28. The number of aromatic nitrogens is 2. The van der Waals surface area contributed by atoms with Crippen molar-refractivity contribution >= 4 is 0 Å². The predicted octanol–water partition coefficient (Wildman–Crippen LogP) is 3.46. The van der Waals surface area contributed by atoms with Crippen molar-refractivity contribution in [2.75, 3.05) is 6.54 Å². The van der Waals surface area contributed by atoms with Gasteiger partial charge in [-0.05, 0) is 38.9 Å². The van der Waals surface area contributed by atoms with Crippen molar-refractivity contribution in [3.63, 3.8) is 0 Å². The third kappa shape index (κ3) is 3.85. The van der Waals surface area contributed by atoms with E-state index < -0.39 is 0 Å². The lowest BCUT2D eigenvalue weighted by atomic mass is 10.0. The maximum absolute atomic E-state index is 6.07. The van der Waals surface area contributed by atoms with Crippen LogP contribution in [0.5, 0.6) is 5.75 Å². The summed E-state index contributed by atoms with van der Waals surface area (Å²) in [6.45, 7) is 10.9. The van der Waals surface area contributed by atoms with E-state index in [2.05, 4.69) is 60.8 Å². The van der Waals surface area contributed by atoms with E-state index in [4.69, 9.17) is 4.74 Å². The first-order valence-corrected chi connectivity index (χ1v) is 7.61. The number of imidazole rings is 1. The van der Waals surface area contributed by atoms with Crippen LogP contribution in [-0.2, 0) is 13.2 Å². The monoisotopic (exact) mass is 287 g/mol. The molecule has 1 aromatic carbocycles. The van der Waals surface area contributed by atoms with Gasteiger partial charge in [0, 0.05) is 18.2 Å². The van der Waals surface area contributed by atoms with Crippen LogP contribution in [-0.4, -0.2) is 16.1 Å². The summed E-state index contributed by atoms with van der Waals surface area (Å²) in [7, 11) is 0. The minimum absolute atomic E-state index is 0.279. The molecular formula is C17H25N3O. The van der Waals surface area contributed by atoms with Crippen molar-refractivity contribution in [3.8, 4) is 5.75 Å². The van der Waals surface area contributed by atoms with E-state index in [1.807, 2.05) is 12.5 Å². The first-order valence-electron chi connectivity index (χ1n) is 7.61. The van der Waals surface area contributed by atoms with E-state index in [1.165, 1.54) is 11.1 Å². The Morgan fingerprint density at radius 1 is 1.33 bits per heavy atom. The predicted molar refractivity (Wildman–Crippen MR) is 85.5 cm³/mol. The van der Waals surface area contributed by atoms with Crippen molar-refractivity contribution in [2.45, 2.75) is 46.9 Å². The minimum Gasteiger partial charge on any atom is -0.487 e. The zero-order valence-corrected chi connectivity index (χ0v) is 13.4. The van der Waals surface area contributed by atoms with Crippen LogP contribution in [0.2, 0.25) is 0 Å². The summed E-state index contributed by atoms with van der Waals surface area (Å²) in [5.74, 6) is 0.951. The number of benzene rings is 1. The van der Waals surface area contributed by atoms with Gasteiger partial charge in [0.1, 0.15) is 12.4 Å². The van der Waals surface area contributed by atoms with Gasteiger partial charge < -0.3 is 14.6 Å². The average molecular weight is 287 g/mol. The van der Waals surface area contributed by atoms with Gasteiger partial charge in [-0.2, -0.15) is 0 Å². The van der Waals surface area contributed by atoms with Gasteiger partial charge in [0.05, 0.1) is 18.2 Å². The molecular weight excluding hydrogens is 262 g/mol. The molecule has 4 heteroatoms. The van der Waals surface area contributed by atoms with Gasteiger partial charge in [0.2, 0.25) is 0 Å². The molecule has 0 aliphatic heterocycles. The van der Waals surface area contributed by atoms with E-state index in [0.717, 1.165) is 24.5 Å². The summed E-state index contributed by atoms with van der Waals surface area (Å²) >= 11 is 0. The third-order valence-corrected chi connectivity index (χ3v) is 3.66. The molecule has 2 rings (SSSR count). The Morgan fingerprint density at radius 2 is 2.14 bits per heavy atom. The van der Waals surface area contributed by atoms with Crippen molar-refractivity contribution in [2.24, 2.45) is 0 Å². The Kier molecular flexibility index (Phi) is 5.39. The summed E-state index contributed by atoms with van der Waals surface area (Å²) in [4.78, 5) is 4.18. The number of rotatable bonds is 7. The molecule has 0 aliphatic carbocycles. The van der Waals surface area contributed by atoms with Crippen LogP contribution < -0.4 is 10.1 Å². The van der Waals surface area contributed by atoms with Gasteiger partial charge >= 0.3 is 0 Å². The summed E-state index contributed by atoms with van der Waals surface area (Å²) < 4.78 is 8.17. The highest BCUT2D eigenvalue weighted by Gasteiger charge is 2.12. The Bertz CT molecular complexity index is 577. The van der Waals surface area contributed by atoms with E-state index in [-0.39, 0.29) is 6.04 Å². The van der Waals surface area contributed by atoms with E-state index in [9.17, 15) is 0 Å². The van der Waals surface area contributed by atoms with Gasteiger partial charge in [0.15, 0.2) is 0 Å². The smallest absolute Gasteiger partial charge is 0.130 e. The van der Waals surface area contributed by atoms with Gasteiger partial charge in [-0.1, -0.05) is 19.1 Å². The summed E-state index contributed by atoms with van der Waals surface area (Å²) in [5, 5.41) is 3.44. The number of nitrogens with one attached hydrogen (secondary N) is 1. The highest BCUT2D eigenvalue weighted by molar-refractivity contribution is 5.39. The molecule has 1 atom stereocenters. The van der Waals surface area contributed by atoms with Crippen LogP contribution in [0.15, 0.2) is 30.7 Å². The van der Waals surface area contributed by atoms with Crippen LogP contribution in [0.25, 0.3) is 0 Å². The Labute approximate surface area is 127 Å². The van der Waals surface area contributed by atoms with Gasteiger partial charge in [0.25, 0.3) is 0 Å². The fourth-order valence-electron chi connectivity index (χ4n) is 2.45. The molecule has 0 amide bonds. The molecule has 0 bridgehead atoms. The largest absolute Gasteiger partial charge is 0.487 e. The summed E-state index contributed by atoms with van der Waals surface area (Å²) in [6.07, 6.45) is 3.71. The van der Waals surface area contributed by atoms with Crippen molar-refractivity contribution in [1.29, 1.82) is 0 Å². The lowest BCUT2D eigenvalue weighted by Crippen LogP contribution is -2.18. The maximum Gasteiger partial charge on any atom is 0.130 e. The molecule has 0 fully saturated rings. The van der Waals surface area contributed by atoms with E-state index >= 15 is 0 Å². The topological polar surface area (TPSA) is 39.1 Å². The molecule has 0 radical (unpaired) electrons. The Morgan fingerprint density at radius 3 is 2.86 bits per heavy atom. The number of hydrogen-bond donors (Lipinski definition) is 1. The Hall–Kier alpha value is -1.81. The van der Waals surface area contributed by atoms with Gasteiger partial charge in [-0.25, -0.2) is 4.98 Å². The van der Waals surface area contributed by atoms with Crippen LogP contribution in [0.3, 0.4) is 0 Å².